The molecule has 8 nitrogen and oxygen atoms in total. The summed E-state index contributed by atoms with van der Waals surface area (Å²) in [5, 5.41) is 4.97. The molecule has 168 valence electrons. The van der Waals surface area contributed by atoms with Crippen molar-refractivity contribution >= 4 is 35.1 Å². The molecule has 1 unspecified atom stereocenters. The van der Waals surface area contributed by atoms with E-state index >= 15 is 0 Å². The number of carbonyl (C=O) groups is 3. The van der Waals surface area contributed by atoms with Crippen LogP contribution in [0.3, 0.4) is 0 Å². The average molecular weight is 460 g/mol. The fraction of sp³-hybridized carbons (Fsp3) is 0.364. The number of aromatic nitrogens is 1. The van der Waals surface area contributed by atoms with E-state index in [4.69, 9.17) is 11.6 Å². The second kappa shape index (κ2) is 8.74. The first kappa shape index (κ1) is 22.0. The van der Waals surface area contributed by atoms with Gasteiger partial charge in [-0.25, -0.2) is 9.18 Å². The smallest absolute Gasteiger partial charge is 0.322 e. The Morgan fingerprint density at radius 3 is 2.72 bits per heavy atom. The van der Waals surface area contributed by atoms with E-state index in [-0.39, 0.29) is 29.8 Å². The summed E-state index contributed by atoms with van der Waals surface area (Å²) in [6.07, 6.45) is 1.71. The number of hydrogen-bond acceptors (Lipinski definition) is 5. The van der Waals surface area contributed by atoms with Crippen molar-refractivity contribution in [2.75, 3.05) is 24.5 Å². The average Bonchev–Trinajstić information content (AvgIpc) is 3.08. The molecule has 2 aliphatic heterocycles. The molecule has 0 radical (unpaired) electrons. The van der Waals surface area contributed by atoms with Crippen LogP contribution < -0.4 is 15.5 Å². The predicted molar refractivity (Wildman–Crippen MR) is 117 cm³/mol. The molecule has 0 bridgehead atoms. The van der Waals surface area contributed by atoms with Crippen LogP contribution in [0.15, 0.2) is 42.6 Å². The lowest BCUT2D eigenvalue weighted by Gasteiger charge is -2.41. The number of nitrogens with zero attached hydrogens (tertiary/aromatic N) is 3. The van der Waals surface area contributed by atoms with Crippen molar-refractivity contribution in [2.45, 2.75) is 31.3 Å². The Morgan fingerprint density at radius 2 is 2.09 bits per heavy atom. The van der Waals surface area contributed by atoms with Crippen LogP contribution in [-0.2, 0) is 15.1 Å². The van der Waals surface area contributed by atoms with Crippen LogP contribution >= 0.6 is 11.6 Å². The van der Waals surface area contributed by atoms with Crippen LogP contribution in [0.5, 0.6) is 0 Å². The molecule has 2 N–H and O–H groups in total. The molecule has 1 aromatic heterocycles. The van der Waals surface area contributed by atoms with Crippen LogP contribution in [0, 0.1) is 5.82 Å². The van der Waals surface area contributed by atoms with Gasteiger partial charge in [-0.15, -0.1) is 0 Å². The first-order valence-corrected chi connectivity index (χ1v) is 10.7. The van der Waals surface area contributed by atoms with Crippen molar-refractivity contribution in [1.82, 2.24) is 20.5 Å². The number of anilines is 1. The standard InChI is InChI=1S/C22H23ClFN5O3/c1-14-13-28(10-11-29(14)15-5-6-17(24)16(23)12-15)19(30)7-8-22(18-4-2-3-9-25-18)20(31)26-21(32)27-22/h2-6,9,12,14H,7-8,10-11,13H2,1H3,(H2,26,27,31,32)/t14-,22?/m0/s1. The molecule has 2 atom stereocenters. The molecule has 2 saturated heterocycles. The number of carbonyl (C=O) groups excluding carboxylic acids is 3. The lowest BCUT2D eigenvalue weighted by molar-refractivity contribution is -0.133. The molecule has 1 aromatic carbocycles. The Bertz CT molecular complexity index is 1050. The van der Waals surface area contributed by atoms with Crippen molar-refractivity contribution < 1.29 is 18.8 Å². The number of pyridine rings is 1. The summed E-state index contributed by atoms with van der Waals surface area (Å²) in [5.41, 5.74) is -0.176. The molecule has 2 aliphatic rings. The highest BCUT2D eigenvalue weighted by Crippen LogP contribution is 2.30. The van der Waals surface area contributed by atoms with Crippen LogP contribution in [0.2, 0.25) is 5.02 Å². The number of benzene rings is 1. The molecule has 2 fully saturated rings. The number of amides is 4. The number of nitrogens with one attached hydrogen (secondary N) is 2. The van der Waals surface area contributed by atoms with Gasteiger partial charge in [-0.1, -0.05) is 17.7 Å². The van der Waals surface area contributed by atoms with Crippen molar-refractivity contribution in [3.8, 4) is 0 Å². The van der Waals surface area contributed by atoms with Gasteiger partial charge < -0.3 is 15.1 Å². The van der Waals surface area contributed by atoms with E-state index in [1.807, 2.05) is 6.92 Å². The number of urea groups is 1. The van der Waals surface area contributed by atoms with Crippen LogP contribution in [0.1, 0.15) is 25.5 Å². The normalized spacial score (nSPS) is 23.2. The van der Waals surface area contributed by atoms with Gasteiger partial charge in [0.05, 0.1) is 10.7 Å². The number of imide groups is 1. The van der Waals surface area contributed by atoms with Crippen LogP contribution in [0.4, 0.5) is 14.9 Å². The second-order valence-corrected chi connectivity index (χ2v) is 8.42. The summed E-state index contributed by atoms with van der Waals surface area (Å²) in [6.45, 7) is 3.50. The highest BCUT2D eigenvalue weighted by Gasteiger charge is 2.49. The highest BCUT2D eigenvalue weighted by molar-refractivity contribution is 6.31. The molecule has 0 spiro atoms. The molecular formula is C22H23ClFN5O3. The van der Waals surface area contributed by atoms with Gasteiger partial charge in [0.15, 0.2) is 5.54 Å². The highest BCUT2D eigenvalue weighted by atomic mass is 35.5. The first-order valence-electron chi connectivity index (χ1n) is 10.3. The zero-order valence-corrected chi connectivity index (χ0v) is 18.2. The van der Waals surface area contributed by atoms with Gasteiger partial charge in [0, 0.05) is 44.0 Å². The van der Waals surface area contributed by atoms with Crippen molar-refractivity contribution in [3.05, 3.63) is 59.1 Å². The quantitative estimate of drug-likeness (QED) is 0.670. The molecule has 10 heteroatoms. The van der Waals surface area contributed by atoms with Gasteiger partial charge >= 0.3 is 6.03 Å². The molecule has 2 aromatic rings. The van der Waals surface area contributed by atoms with Crippen molar-refractivity contribution in [2.24, 2.45) is 0 Å². The summed E-state index contributed by atoms with van der Waals surface area (Å²) < 4.78 is 13.5. The van der Waals surface area contributed by atoms with E-state index in [0.717, 1.165) is 5.69 Å². The molecule has 0 saturated carbocycles. The number of halogens is 2. The minimum absolute atomic E-state index is 0.00606. The zero-order valence-electron chi connectivity index (χ0n) is 17.5. The molecule has 4 rings (SSSR count). The fourth-order valence-corrected chi connectivity index (χ4v) is 4.45. The maximum absolute atomic E-state index is 13.5. The monoisotopic (exact) mass is 459 g/mol. The zero-order chi connectivity index (χ0) is 22.9. The van der Waals surface area contributed by atoms with Gasteiger partial charge in [0.2, 0.25) is 5.91 Å². The van der Waals surface area contributed by atoms with E-state index in [1.54, 1.807) is 41.4 Å². The largest absolute Gasteiger partial charge is 0.365 e. The van der Waals surface area contributed by atoms with E-state index in [2.05, 4.69) is 20.5 Å². The van der Waals surface area contributed by atoms with Gasteiger partial charge in [0.1, 0.15) is 5.82 Å². The first-order chi connectivity index (χ1) is 15.3. The third-order valence-corrected chi connectivity index (χ3v) is 6.26. The number of piperazine rings is 1. The van der Waals surface area contributed by atoms with Crippen molar-refractivity contribution in [3.63, 3.8) is 0 Å². The Hall–Kier alpha value is -3.20. The minimum Gasteiger partial charge on any atom is -0.365 e. The Labute approximate surface area is 189 Å². The second-order valence-electron chi connectivity index (χ2n) is 8.01. The predicted octanol–water partition coefficient (Wildman–Crippen LogP) is 2.43. The van der Waals surface area contributed by atoms with Gasteiger partial charge in [0.25, 0.3) is 5.91 Å². The van der Waals surface area contributed by atoms with E-state index in [0.29, 0.717) is 25.3 Å². The van der Waals surface area contributed by atoms with Crippen LogP contribution in [-0.4, -0.2) is 53.4 Å². The summed E-state index contributed by atoms with van der Waals surface area (Å²) >= 11 is 5.92. The maximum atomic E-state index is 13.5. The Morgan fingerprint density at radius 1 is 1.28 bits per heavy atom. The topological polar surface area (TPSA) is 94.6 Å². The van der Waals surface area contributed by atoms with E-state index in [1.165, 1.54) is 6.07 Å². The van der Waals surface area contributed by atoms with Crippen LogP contribution in [0.25, 0.3) is 0 Å². The Kier molecular flexibility index (Phi) is 6.01. The SMILES string of the molecule is C[C@H]1CN(C(=O)CCC2(c3ccccn3)NC(=O)NC2=O)CCN1c1ccc(F)c(Cl)c1. The third-order valence-electron chi connectivity index (χ3n) is 5.97. The van der Waals surface area contributed by atoms with Gasteiger partial charge in [-0.2, -0.15) is 0 Å². The van der Waals surface area contributed by atoms with Gasteiger partial charge in [-0.05, 0) is 43.7 Å². The molecule has 4 amide bonds. The lowest BCUT2D eigenvalue weighted by atomic mass is 9.88. The molecule has 0 aliphatic carbocycles. The third kappa shape index (κ3) is 4.12. The summed E-state index contributed by atoms with van der Waals surface area (Å²) in [5.74, 6) is -1.10. The number of rotatable bonds is 5. The molecular weight excluding hydrogens is 437 g/mol. The summed E-state index contributed by atoms with van der Waals surface area (Å²) in [6, 6.07) is 9.08. The maximum Gasteiger partial charge on any atom is 0.322 e. The lowest BCUT2D eigenvalue weighted by Crippen LogP contribution is -2.54. The Balaban J connectivity index is 1.42. The minimum atomic E-state index is -1.37. The summed E-state index contributed by atoms with van der Waals surface area (Å²) in [7, 11) is 0. The van der Waals surface area contributed by atoms with Gasteiger partial charge in [-0.3, -0.25) is 19.9 Å². The van der Waals surface area contributed by atoms with E-state index < -0.39 is 23.3 Å². The van der Waals surface area contributed by atoms with E-state index in [9.17, 15) is 18.8 Å². The molecule has 3 heterocycles. The molecule has 32 heavy (non-hydrogen) atoms. The number of hydrogen-bond donors (Lipinski definition) is 2. The fourth-order valence-electron chi connectivity index (χ4n) is 4.28. The van der Waals surface area contributed by atoms with Crippen molar-refractivity contribution in [1.29, 1.82) is 0 Å². The summed E-state index contributed by atoms with van der Waals surface area (Å²) in [4.78, 5) is 45.5.